The fourth-order valence-electron chi connectivity index (χ4n) is 2.21. The molecule has 2 heterocycles. The van der Waals surface area contributed by atoms with Crippen molar-refractivity contribution < 1.29 is 9.53 Å². The molecule has 1 fully saturated rings. The molecule has 0 bridgehead atoms. The van der Waals surface area contributed by atoms with E-state index in [1.165, 1.54) is 6.07 Å². The number of rotatable bonds is 1. The highest BCUT2D eigenvalue weighted by atomic mass is 16.6. The van der Waals surface area contributed by atoms with Crippen LogP contribution in [0.2, 0.25) is 0 Å². The third kappa shape index (κ3) is 3.49. The zero-order chi connectivity index (χ0) is 14.9. The maximum atomic E-state index is 11.9. The molecular weight excluding hydrogens is 262 g/mol. The summed E-state index contributed by atoms with van der Waals surface area (Å²) in [6, 6.07) is 1.37. The summed E-state index contributed by atoms with van der Waals surface area (Å²) in [7, 11) is 0. The summed E-state index contributed by atoms with van der Waals surface area (Å²) in [5, 5.41) is 0. The average Bonchev–Trinajstić information content (AvgIpc) is 2.74. The summed E-state index contributed by atoms with van der Waals surface area (Å²) in [5.41, 5.74) is -0.930. The minimum atomic E-state index is -0.534. The molecular formula is C13H19N3O4. The summed E-state index contributed by atoms with van der Waals surface area (Å²) in [6.07, 6.45) is 0.325. The second-order valence-corrected chi connectivity index (χ2v) is 5.96. The van der Waals surface area contributed by atoms with Crippen LogP contribution in [0.3, 0.4) is 0 Å². The maximum Gasteiger partial charge on any atom is 0.410 e. The summed E-state index contributed by atoms with van der Waals surface area (Å²) >= 11 is 0. The van der Waals surface area contributed by atoms with E-state index < -0.39 is 16.9 Å². The van der Waals surface area contributed by atoms with Gasteiger partial charge < -0.3 is 14.6 Å². The van der Waals surface area contributed by atoms with E-state index in [2.05, 4.69) is 9.97 Å². The number of carbonyl (C=O) groups excluding carboxylic acids is 1. The van der Waals surface area contributed by atoms with Crippen LogP contribution in [0.15, 0.2) is 15.7 Å². The van der Waals surface area contributed by atoms with Gasteiger partial charge in [0, 0.05) is 30.8 Å². The largest absolute Gasteiger partial charge is 0.444 e. The summed E-state index contributed by atoms with van der Waals surface area (Å²) in [5.74, 6) is -0.0440. The van der Waals surface area contributed by atoms with E-state index >= 15 is 0 Å². The first-order chi connectivity index (χ1) is 9.24. The molecule has 7 nitrogen and oxygen atoms in total. The molecule has 0 aliphatic carbocycles. The van der Waals surface area contributed by atoms with Gasteiger partial charge in [-0.05, 0) is 27.2 Å². The summed E-state index contributed by atoms with van der Waals surface area (Å²) in [4.78, 5) is 40.8. The van der Waals surface area contributed by atoms with Gasteiger partial charge in [0.1, 0.15) is 5.60 Å². The molecule has 0 radical (unpaired) electrons. The van der Waals surface area contributed by atoms with Crippen LogP contribution < -0.4 is 11.2 Å². The second-order valence-electron chi connectivity index (χ2n) is 5.96. The van der Waals surface area contributed by atoms with Crippen molar-refractivity contribution in [3.8, 4) is 0 Å². The van der Waals surface area contributed by atoms with Gasteiger partial charge in [0.05, 0.1) is 0 Å². The quantitative estimate of drug-likeness (QED) is 0.795. The van der Waals surface area contributed by atoms with Gasteiger partial charge in [-0.1, -0.05) is 0 Å². The SMILES string of the molecule is CC(C)(C)OC(=O)N1CC[C@@H](c2cc(=O)[nH]c(=O)[nH]2)C1. The monoisotopic (exact) mass is 281 g/mol. The lowest BCUT2D eigenvalue weighted by Crippen LogP contribution is -2.35. The number of aromatic nitrogens is 2. The Kier molecular flexibility index (Phi) is 3.69. The van der Waals surface area contributed by atoms with Crippen LogP contribution in [0, 0.1) is 0 Å². The minimum absolute atomic E-state index is 0.0440. The van der Waals surface area contributed by atoms with Crippen LogP contribution in [-0.2, 0) is 4.74 Å². The van der Waals surface area contributed by atoms with Crippen molar-refractivity contribution in [2.24, 2.45) is 0 Å². The fourth-order valence-corrected chi connectivity index (χ4v) is 2.21. The standard InChI is InChI=1S/C13H19N3O4/c1-13(2,3)20-12(19)16-5-4-8(7-16)9-6-10(17)15-11(18)14-9/h6,8H,4-5,7H2,1-3H3,(H2,14,15,17,18)/t8-/m1/s1. The van der Waals surface area contributed by atoms with Gasteiger partial charge in [0.15, 0.2) is 0 Å². The molecule has 2 rings (SSSR count). The van der Waals surface area contributed by atoms with Crippen LogP contribution in [0.25, 0.3) is 0 Å². The topological polar surface area (TPSA) is 95.3 Å². The average molecular weight is 281 g/mol. The van der Waals surface area contributed by atoms with Crippen LogP contribution >= 0.6 is 0 Å². The van der Waals surface area contributed by atoms with E-state index in [1.807, 2.05) is 20.8 Å². The minimum Gasteiger partial charge on any atom is -0.444 e. The van der Waals surface area contributed by atoms with Gasteiger partial charge in [-0.25, -0.2) is 9.59 Å². The van der Waals surface area contributed by atoms with Crippen molar-refractivity contribution in [1.82, 2.24) is 14.9 Å². The number of ether oxygens (including phenoxy) is 1. The number of amides is 1. The Morgan fingerprint density at radius 1 is 1.35 bits per heavy atom. The van der Waals surface area contributed by atoms with Gasteiger partial charge in [-0.15, -0.1) is 0 Å². The Morgan fingerprint density at radius 2 is 2.05 bits per heavy atom. The van der Waals surface area contributed by atoms with Gasteiger partial charge >= 0.3 is 11.8 Å². The lowest BCUT2D eigenvalue weighted by molar-refractivity contribution is 0.0292. The number of hydrogen-bond donors (Lipinski definition) is 2. The molecule has 1 amide bonds. The first kappa shape index (κ1) is 14.4. The van der Waals surface area contributed by atoms with Crippen LogP contribution in [0.5, 0.6) is 0 Å². The normalized spacial score (nSPS) is 19.1. The molecule has 20 heavy (non-hydrogen) atoms. The highest BCUT2D eigenvalue weighted by Crippen LogP contribution is 2.25. The van der Waals surface area contributed by atoms with Crippen molar-refractivity contribution in [1.29, 1.82) is 0 Å². The van der Waals surface area contributed by atoms with E-state index in [9.17, 15) is 14.4 Å². The molecule has 1 atom stereocenters. The number of hydrogen-bond acceptors (Lipinski definition) is 4. The molecule has 0 unspecified atom stereocenters. The van der Waals surface area contributed by atoms with Crippen molar-refractivity contribution in [3.05, 3.63) is 32.6 Å². The Balaban J connectivity index is 2.07. The molecule has 1 aliphatic heterocycles. The predicted molar refractivity (Wildman–Crippen MR) is 72.8 cm³/mol. The van der Waals surface area contributed by atoms with Crippen molar-refractivity contribution in [2.45, 2.75) is 38.7 Å². The summed E-state index contributed by atoms with van der Waals surface area (Å²) in [6.45, 7) is 6.43. The highest BCUT2D eigenvalue weighted by Gasteiger charge is 2.31. The first-order valence-corrected chi connectivity index (χ1v) is 6.56. The number of carbonyl (C=O) groups is 1. The first-order valence-electron chi connectivity index (χ1n) is 6.56. The molecule has 110 valence electrons. The molecule has 0 spiro atoms. The van der Waals surface area contributed by atoms with Crippen LogP contribution in [0.4, 0.5) is 4.79 Å². The number of H-pyrrole nitrogens is 2. The third-order valence-electron chi connectivity index (χ3n) is 3.06. The number of nitrogens with zero attached hydrogens (tertiary/aromatic N) is 1. The zero-order valence-electron chi connectivity index (χ0n) is 11.9. The lowest BCUT2D eigenvalue weighted by Gasteiger charge is -2.24. The van der Waals surface area contributed by atoms with Gasteiger partial charge in [0.2, 0.25) is 0 Å². The van der Waals surface area contributed by atoms with E-state index in [-0.39, 0.29) is 12.0 Å². The Morgan fingerprint density at radius 3 is 2.65 bits per heavy atom. The molecule has 1 saturated heterocycles. The predicted octanol–water partition coefficient (Wildman–Crippen LogP) is 0.788. The number of aromatic amines is 2. The van der Waals surface area contributed by atoms with E-state index in [1.54, 1.807) is 4.90 Å². The number of likely N-dealkylation sites (tertiary alicyclic amines) is 1. The van der Waals surface area contributed by atoms with Gasteiger partial charge in [0.25, 0.3) is 5.56 Å². The molecule has 1 aromatic rings. The van der Waals surface area contributed by atoms with Gasteiger partial charge in [-0.3, -0.25) is 9.78 Å². The van der Waals surface area contributed by atoms with Crippen LogP contribution in [-0.4, -0.2) is 39.7 Å². The Bertz CT molecular complexity index is 583. The molecule has 1 aliphatic rings. The fraction of sp³-hybridized carbons (Fsp3) is 0.615. The lowest BCUT2D eigenvalue weighted by atomic mass is 10.1. The van der Waals surface area contributed by atoms with Crippen molar-refractivity contribution in [2.75, 3.05) is 13.1 Å². The zero-order valence-corrected chi connectivity index (χ0v) is 11.9. The smallest absolute Gasteiger partial charge is 0.410 e. The van der Waals surface area contributed by atoms with Gasteiger partial charge in [-0.2, -0.15) is 0 Å². The van der Waals surface area contributed by atoms with Crippen molar-refractivity contribution in [3.63, 3.8) is 0 Å². The maximum absolute atomic E-state index is 11.9. The van der Waals surface area contributed by atoms with Crippen molar-refractivity contribution >= 4 is 6.09 Å². The second kappa shape index (κ2) is 5.15. The van der Waals surface area contributed by atoms with E-state index in [0.717, 1.165) is 0 Å². The Hall–Kier alpha value is -2.05. The third-order valence-corrected chi connectivity index (χ3v) is 3.06. The Labute approximate surface area is 116 Å². The number of nitrogens with one attached hydrogen (secondary N) is 2. The molecule has 1 aromatic heterocycles. The molecule has 7 heteroatoms. The molecule has 0 saturated carbocycles. The molecule has 0 aromatic carbocycles. The highest BCUT2D eigenvalue weighted by molar-refractivity contribution is 5.68. The molecule has 2 N–H and O–H groups in total. The van der Waals surface area contributed by atoms with Crippen LogP contribution in [0.1, 0.15) is 38.8 Å². The van der Waals surface area contributed by atoms with E-state index in [0.29, 0.717) is 25.2 Å². The summed E-state index contributed by atoms with van der Waals surface area (Å²) < 4.78 is 5.30. The van der Waals surface area contributed by atoms with E-state index in [4.69, 9.17) is 4.74 Å².